The van der Waals surface area contributed by atoms with Gasteiger partial charge in [-0.1, -0.05) is 43.2 Å². The van der Waals surface area contributed by atoms with Crippen molar-refractivity contribution in [3.63, 3.8) is 0 Å². The minimum Gasteiger partial charge on any atom is -0.372 e. The van der Waals surface area contributed by atoms with E-state index in [2.05, 4.69) is 29.2 Å². The van der Waals surface area contributed by atoms with Crippen molar-refractivity contribution < 1.29 is 9.53 Å². The van der Waals surface area contributed by atoms with Crippen LogP contribution in [0.3, 0.4) is 0 Å². The topological polar surface area (TPSA) is 29.5 Å². The van der Waals surface area contributed by atoms with Gasteiger partial charge in [0.15, 0.2) is 0 Å². The van der Waals surface area contributed by atoms with Gasteiger partial charge >= 0.3 is 0 Å². The highest BCUT2D eigenvalue weighted by atomic mass is 16.5. The van der Waals surface area contributed by atoms with E-state index in [1.807, 2.05) is 6.07 Å². The molecule has 108 valence electrons. The molecule has 1 unspecified atom stereocenters. The minimum absolute atomic E-state index is 0.287. The summed E-state index contributed by atoms with van der Waals surface area (Å²) < 4.78 is 6.18. The number of ether oxygens (including phenoxy) is 1. The van der Waals surface area contributed by atoms with Crippen molar-refractivity contribution in [1.82, 2.24) is 4.90 Å². The van der Waals surface area contributed by atoms with E-state index in [0.717, 1.165) is 19.4 Å². The van der Waals surface area contributed by atoms with Gasteiger partial charge in [0.05, 0.1) is 19.3 Å². The molecule has 20 heavy (non-hydrogen) atoms. The van der Waals surface area contributed by atoms with Gasteiger partial charge in [0.25, 0.3) is 0 Å². The van der Waals surface area contributed by atoms with Crippen LogP contribution >= 0.6 is 0 Å². The van der Waals surface area contributed by atoms with Crippen LogP contribution in [0.5, 0.6) is 0 Å². The summed E-state index contributed by atoms with van der Waals surface area (Å²) in [4.78, 5) is 13.8. The fourth-order valence-electron chi connectivity index (χ4n) is 3.40. The maximum absolute atomic E-state index is 11.5. The Labute approximate surface area is 120 Å². The molecule has 0 N–H and O–H groups in total. The first-order valence-corrected chi connectivity index (χ1v) is 7.74. The van der Waals surface area contributed by atoms with Crippen LogP contribution in [0, 0.1) is 0 Å². The van der Waals surface area contributed by atoms with Gasteiger partial charge < -0.3 is 4.74 Å². The van der Waals surface area contributed by atoms with Gasteiger partial charge in [0.1, 0.15) is 5.78 Å². The number of hydrogen-bond donors (Lipinski definition) is 0. The average Bonchev–Trinajstić information content (AvgIpc) is 2.93. The van der Waals surface area contributed by atoms with E-state index in [0.29, 0.717) is 25.0 Å². The third-order valence-corrected chi connectivity index (χ3v) is 4.50. The molecule has 0 spiro atoms. The molecular weight excluding hydrogens is 250 g/mol. The second-order valence-electron chi connectivity index (χ2n) is 5.95. The molecule has 0 radical (unpaired) electrons. The summed E-state index contributed by atoms with van der Waals surface area (Å²) in [6.07, 6.45) is 5.82. The zero-order valence-corrected chi connectivity index (χ0v) is 12.0. The smallest absolute Gasteiger partial charge is 0.148 e. The molecular formula is C17H23NO2. The van der Waals surface area contributed by atoms with Gasteiger partial charge in [0.2, 0.25) is 0 Å². The number of likely N-dealkylation sites (tertiary alicyclic amines) is 1. The first kappa shape index (κ1) is 13.8. The molecule has 3 rings (SSSR count). The Morgan fingerprint density at radius 3 is 2.70 bits per heavy atom. The molecule has 0 aromatic heterocycles. The van der Waals surface area contributed by atoms with Gasteiger partial charge in [0, 0.05) is 19.0 Å². The predicted octanol–water partition coefficient (Wildman–Crippen LogP) is 2.79. The fraction of sp³-hybridized carbons (Fsp3) is 0.588. The lowest BCUT2D eigenvalue weighted by Crippen LogP contribution is -2.45. The Hall–Kier alpha value is -1.19. The number of nitrogens with zero attached hydrogens (tertiary/aromatic N) is 1. The lowest BCUT2D eigenvalue weighted by Gasteiger charge is -2.37. The van der Waals surface area contributed by atoms with E-state index in [1.165, 1.54) is 24.8 Å². The van der Waals surface area contributed by atoms with Gasteiger partial charge in [-0.25, -0.2) is 0 Å². The first-order chi connectivity index (χ1) is 9.83. The Morgan fingerprint density at radius 1 is 1.15 bits per heavy atom. The Morgan fingerprint density at radius 2 is 1.95 bits per heavy atom. The van der Waals surface area contributed by atoms with Crippen LogP contribution in [0.2, 0.25) is 0 Å². The second kappa shape index (κ2) is 6.51. The summed E-state index contributed by atoms with van der Waals surface area (Å²) in [5.74, 6) is 0.386. The molecule has 2 atom stereocenters. The zero-order chi connectivity index (χ0) is 13.8. The highest BCUT2D eigenvalue weighted by molar-refractivity contribution is 5.82. The van der Waals surface area contributed by atoms with Crippen molar-refractivity contribution in [3.8, 4) is 0 Å². The van der Waals surface area contributed by atoms with Gasteiger partial charge in [-0.2, -0.15) is 0 Å². The number of rotatable bonds is 4. The van der Waals surface area contributed by atoms with Crippen LogP contribution in [-0.2, 0) is 16.1 Å². The molecule has 3 nitrogen and oxygen atoms in total. The van der Waals surface area contributed by atoms with Crippen LogP contribution in [0.1, 0.15) is 37.7 Å². The van der Waals surface area contributed by atoms with E-state index in [4.69, 9.17) is 4.74 Å². The Balaban J connectivity index is 1.59. The summed E-state index contributed by atoms with van der Waals surface area (Å²) in [6, 6.07) is 10.8. The SMILES string of the molecule is O=C1CCN(C2CCCC[C@@H]2OCc2ccccc2)C1. The van der Waals surface area contributed by atoms with Crippen molar-refractivity contribution in [2.75, 3.05) is 13.1 Å². The molecule has 1 heterocycles. The van der Waals surface area contributed by atoms with Crippen molar-refractivity contribution in [3.05, 3.63) is 35.9 Å². The van der Waals surface area contributed by atoms with Gasteiger partial charge in [-0.15, -0.1) is 0 Å². The second-order valence-corrected chi connectivity index (χ2v) is 5.95. The molecule has 1 aliphatic heterocycles. The van der Waals surface area contributed by atoms with E-state index in [9.17, 15) is 4.79 Å². The summed E-state index contributed by atoms with van der Waals surface area (Å²) >= 11 is 0. The van der Waals surface area contributed by atoms with Crippen LogP contribution in [0.4, 0.5) is 0 Å². The van der Waals surface area contributed by atoms with Crippen LogP contribution < -0.4 is 0 Å². The summed E-state index contributed by atoms with van der Waals surface area (Å²) in [5, 5.41) is 0. The number of hydrogen-bond acceptors (Lipinski definition) is 3. The third kappa shape index (κ3) is 3.28. The molecule has 0 amide bonds. The number of Topliss-reactive ketones (excluding diaryl/α,β-unsaturated/α-hetero) is 1. The molecule has 1 aromatic carbocycles. The lowest BCUT2D eigenvalue weighted by molar-refractivity contribution is -0.117. The molecule has 2 aliphatic rings. The molecule has 1 aliphatic carbocycles. The van der Waals surface area contributed by atoms with Crippen molar-refractivity contribution in [2.45, 2.75) is 50.9 Å². The predicted molar refractivity (Wildman–Crippen MR) is 78.5 cm³/mol. The Kier molecular flexibility index (Phi) is 4.48. The molecule has 0 bridgehead atoms. The molecule has 2 fully saturated rings. The van der Waals surface area contributed by atoms with Crippen LogP contribution in [-0.4, -0.2) is 35.9 Å². The van der Waals surface area contributed by atoms with Crippen LogP contribution in [0.15, 0.2) is 30.3 Å². The number of carbonyl (C=O) groups excluding carboxylic acids is 1. The highest BCUT2D eigenvalue weighted by Crippen LogP contribution is 2.28. The average molecular weight is 273 g/mol. The minimum atomic E-state index is 0.287. The zero-order valence-electron chi connectivity index (χ0n) is 12.0. The van der Waals surface area contributed by atoms with E-state index >= 15 is 0 Å². The standard InChI is InChI=1S/C17H23NO2/c19-15-10-11-18(12-15)16-8-4-5-9-17(16)20-13-14-6-2-1-3-7-14/h1-3,6-7,16-17H,4-5,8-13H2/t16?,17-/m0/s1. The Bertz CT molecular complexity index is 446. The third-order valence-electron chi connectivity index (χ3n) is 4.50. The number of benzene rings is 1. The lowest BCUT2D eigenvalue weighted by atomic mass is 9.91. The van der Waals surface area contributed by atoms with Gasteiger partial charge in [-0.05, 0) is 18.4 Å². The summed E-state index contributed by atoms with van der Waals surface area (Å²) in [6.45, 7) is 2.24. The number of ketones is 1. The van der Waals surface area contributed by atoms with Gasteiger partial charge in [-0.3, -0.25) is 9.69 Å². The molecule has 1 aromatic rings. The monoisotopic (exact) mass is 273 g/mol. The first-order valence-electron chi connectivity index (χ1n) is 7.74. The van der Waals surface area contributed by atoms with E-state index in [1.54, 1.807) is 0 Å². The van der Waals surface area contributed by atoms with E-state index < -0.39 is 0 Å². The quantitative estimate of drug-likeness (QED) is 0.845. The normalized spacial score (nSPS) is 27.9. The number of carbonyl (C=O) groups is 1. The maximum Gasteiger partial charge on any atom is 0.148 e. The largest absolute Gasteiger partial charge is 0.372 e. The summed E-state index contributed by atoms with van der Waals surface area (Å²) in [5.41, 5.74) is 1.23. The van der Waals surface area contributed by atoms with Crippen molar-refractivity contribution >= 4 is 5.78 Å². The highest BCUT2D eigenvalue weighted by Gasteiger charge is 2.34. The summed E-state index contributed by atoms with van der Waals surface area (Å²) in [7, 11) is 0. The van der Waals surface area contributed by atoms with Crippen molar-refractivity contribution in [2.24, 2.45) is 0 Å². The van der Waals surface area contributed by atoms with Crippen molar-refractivity contribution in [1.29, 1.82) is 0 Å². The molecule has 1 saturated carbocycles. The molecule has 3 heteroatoms. The van der Waals surface area contributed by atoms with E-state index in [-0.39, 0.29) is 6.10 Å². The maximum atomic E-state index is 11.5. The van der Waals surface area contributed by atoms with Crippen LogP contribution in [0.25, 0.3) is 0 Å². The molecule has 1 saturated heterocycles. The fourth-order valence-corrected chi connectivity index (χ4v) is 3.40.